The van der Waals surface area contributed by atoms with Crippen LogP contribution in [0.1, 0.15) is 29.7 Å². The monoisotopic (exact) mass is 323 g/mol. The SMILES string of the molecule is CC(NC(Cc1ccccc1)C(F)(F)F)c1cccc(CO)c1. The topological polar surface area (TPSA) is 32.3 Å². The lowest BCUT2D eigenvalue weighted by Gasteiger charge is -2.26. The van der Waals surface area contributed by atoms with Crippen molar-refractivity contribution in [3.63, 3.8) is 0 Å². The van der Waals surface area contributed by atoms with Gasteiger partial charge in [0.2, 0.25) is 0 Å². The zero-order valence-corrected chi connectivity index (χ0v) is 12.8. The van der Waals surface area contributed by atoms with E-state index in [0.717, 1.165) is 5.56 Å². The van der Waals surface area contributed by atoms with Gasteiger partial charge in [0.15, 0.2) is 0 Å². The Balaban J connectivity index is 2.13. The van der Waals surface area contributed by atoms with E-state index in [1.807, 2.05) is 0 Å². The molecule has 0 aliphatic rings. The fourth-order valence-electron chi connectivity index (χ4n) is 2.48. The van der Waals surface area contributed by atoms with Crippen molar-refractivity contribution in [3.05, 3.63) is 71.3 Å². The second-order valence-corrected chi connectivity index (χ2v) is 5.58. The number of benzene rings is 2. The number of halogens is 3. The van der Waals surface area contributed by atoms with Crippen LogP contribution in [-0.4, -0.2) is 17.3 Å². The fourth-order valence-corrected chi connectivity index (χ4v) is 2.48. The molecule has 124 valence electrons. The van der Waals surface area contributed by atoms with Crippen LogP contribution in [0.2, 0.25) is 0 Å². The molecule has 2 aromatic carbocycles. The summed E-state index contributed by atoms with van der Waals surface area (Å²) in [5.41, 5.74) is 2.04. The van der Waals surface area contributed by atoms with Crippen molar-refractivity contribution < 1.29 is 18.3 Å². The molecule has 23 heavy (non-hydrogen) atoms. The van der Waals surface area contributed by atoms with Gasteiger partial charge < -0.3 is 5.11 Å². The van der Waals surface area contributed by atoms with Crippen molar-refractivity contribution in [1.82, 2.24) is 5.32 Å². The van der Waals surface area contributed by atoms with Crippen molar-refractivity contribution >= 4 is 0 Å². The smallest absolute Gasteiger partial charge is 0.392 e. The van der Waals surface area contributed by atoms with E-state index in [-0.39, 0.29) is 13.0 Å². The predicted molar refractivity (Wildman–Crippen MR) is 83.9 cm³/mol. The summed E-state index contributed by atoms with van der Waals surface area (Å²) in [5, 5.41) is 11.8. The van der Waals surface area contributed by atoms with Crippen LogP contribution in [0.4, 0.5) is 13.2 Å². The molecule has 5 heteroatoms. The lowest BCUT2D eigenvalue weighted by molar-refractivity contribution is -0.157. The van der Waals surface area contributed by atoms with E-state index in [0.29, 0.717) is 11.1 Å². The molecule has 0 aliphatic carbocycles. The molecule has 0 saturated heterocycles. The van der Waals surface area contributed by atoms with Gasteiger partial charge in [-0.05, 0) is 30.0 Å². The first-order valence-corrected chi connectivity index (χ1v) is 7.46. The van der Waals surface area contributed by atoms with Gasteiger partial charge in [-0.15, -0.1) is 0 Å². The Hall–Kier alpha value is -1.85. The molecule has 2 unspecified atom stereocenters. The van der Waals surface area contributed by atoms with Crippen LogP contribution in [0.25, 0.3) is 0 Å². The molecule has 2 nitrogen and oxygen atoms in total. The lowest BCUT2D eigenvalue weighted by Crippen LogP contribution is -2.45. The molecule has 2 atom stereocenters. The lowest BCUT2D eigenvalue weighted by atomic mass is 10.0. The minimum atomic E-state index is -4.33. The van der Waals surface area contributed by atoms with Crippen LogP contribution in [0.3, 0.4) is 0 Å². The standard InChI is InChI=1S/C18H20F3NO/c1-13(16-9-5-8-15(10-16)12-23)22-17(18(19,20)21)11-14-6-3-2-4-7-14/h2-10,13,17,22-23H,11-12H2,1H3. The summed E-state index contributed by atoms with van der Waals surface area (Å²) in [7, 11) is 0. The summed E-state index contributed by atoms with van der Waals surface area (Å²) in [4.78, 5) is 0. The molecule has 2 rings (SSSR count). The van der Waals surface area contributed by atoms with Crippen molar-refractivity contribution in [2.45, 2.75) is 38.2 Å². The third-order valence-corrected chi connectivity index (χ3v) is 3.76. The quantitative estimate of drug-likeness (QED) is 0.842. The highest BCUT2D eigenvalue weighted by molar-refractivity contribution is 5.25. The summed E-state index contributed by atoms with van der Waals surface area (Å²) in [5.74, 6) is 0. The molecular weight excluding hydrogens is 303 g/mol. The van der Waals surface area contributed by atoms with E-state index >= 15 is 0 Å². The van der Waals surface area contributed by atoms with Gasteiger partial charge in [-0.25, -0.2) is 0 Å². The Morgan fingerprint density at radius 2 is 1.65 bits per heavy atom. The molecule has 0 radical (unpaired) electrons. The number of rotatable bonds is 6. The van der Waals surface area contributed by atoms with Gasteiger partial charge in [0.25, 0.3) is 0 Å². The first-order chi connectivity index (χ1) is 10.9. The van der Waals surface area contributed by atoms with E-state index < -0.39 is 18.3 Å². The van der Waals surface area contributed by atoms with E-state index in [1.54, 1.807) is 61.5 Å². The predicted octanol–water partition coefficient (Wildman–Crippen LogP) is 4.00. The van der Waals surface area contributed by atoms with Gasteiger partial charge in [-0.3, -0.25) is 5.32 Å². The van der Waals surface area contributed by atoms with Crippen molar-refractivity contribution in [2.24, 2.45) is 0 Å². The zero-order valence-electron chi connectivity index (χ0n) is 12.8. The molecule has 0 amide bonds. The van der Waals surface area contributed by atoms with Crippen LogP contribution < -0.4 is 5.32 Å². The summed E-state index contributed by atoms with van der Waals surface area (Å²) < 4.78 is 40.0. The Kier molecular flexibility index (Phi) is 5.80. The number of aliphatic hydroxyl groups excluding tert-OH is 1. The molecule has 2 N–H and O–H groups in total. The highest BCUT2D eigenvalue weighted by atomic mass is 19.4. The number of aliphatic hydroxyl groups is 1. The molecular formula is C18H20F3NO. The molecule has 0 aliphatic heterocycles. The summed E-state index contributed by atoms with van der Waals surface area (Å²) in [6.07, 6.45) is -4.45. The third kappa shape index (κ3) is 5.08. The number of hydrogen-bond acceptors (Lipinski definition) is 2. The van der Waals surface area contributed by atoms with Gasteiger partial charge in [0, 0.05) is 6.04 Å². The molecule has 0 fully saturated rings. The molecule has 0 saturated carbocycles. The zero-order chi connectivity index (χ0) is 16.9. The van der Waals surface area contributed by atoms with E-state index in [9.17, 15) is 13.2 Å². The average Bonchev–Trinajstić information content (AvgIpc) is 2.54. The Bertz CT molecular complexity index is 613. The maximum atomic E-state index is 13.3. The highest BCUT2D eigenvalue weighted by Gasteiger charge is 2.40. The minimum Gasteiger partial charge on any atom is -0.392 e. The Morgan fingerprint density at radius 1 is 1.00 bits per heavy atom. The van der Waals surface area contributed by atoms with E-state index in [2.05, 4.69) is 5.32 Å². The number of hydrogen-bond donors (Lipinski definition) is 2. The van der Waals surface area contributed by atoms with E-state index in [1.165, 1.54) is 0 Å². The highest BCUT2D eigenvalue weighted by Crippen LogP contribution is 2.26. The van der Waals surface area contributed by atoms with Crippen LogP contribution in [0.5, 0.6) is 0 Å². The first kappa shape index (κ1) is 17.5. The van der Waals surface area contributed by atoms with Crippen molar-refractivity contribution in [1.29, 1.82) is 0 Å². The Labute approximate surface area is 134 Å². The van der Waals surface area contributed by atoms with Crippen LogP contribution in [0, 0.1) is 0 Å². The van der Waals surface area contributed by atoms with Gasteiger partial charge in [0.05, 0.1) is 6.61 Å². The first-order valence-electron chi connectivity index (χ1n) is 7.46. The van der Waals surface area contributed by atoms with Gasteiger partial charge in [0.1, 0.15) is 6.04 Å². The van der Waals surface area contributed by atoms with Crippen molar-refractivity contribution in [2.75, 3.05) is 0 Å². The van der Waals surface area contributed by atoms with Crippen LogP contribution >= 0.6 is 0 Å². The maximum absolute atomic E-state index is 13.3. The molecule has 2 aromatic rings. The maximum Gasteiger partial charge on any atom is 0.404 e. The van der Waals surface area contributed by atoms with Gasteiger partial charge >= 0.3 is 6.18 Å². The Morgan fingerprint density at radius 3 is 2.26 bits per heavy atom. The van der Waals surface area contributed by atoms with Gasteiger partial charge in [-0.2, -0.15) is 13.2 Å². The normalized spacial score (nSPS) is 14.5. The summed E-state index contributed by atoms with van der Waals surface area (Å²) in [6.45, 7) is 1.56. The van der Waals surface area contributed by atoms with Gasteiger partial charge in [-0.1, -0.05) is 54.6 Å². The summed E-state index contributed by atoms with van der Waals surface area (Å²) >= 11 is 0. The van der Waals surface area contributed by atoms with E-state index in [4.69, 9.17) is 5.11 Å². The fraction of sp³-hybridized carbons (Fsp3) is 0.333. The molecule has 0 bridgehead atoms. The number of nitrogens with one attached hydrogen (secondary N) is 1. The largest absolute Gasteiger partial charge is 0.404 e. The minimum absolute atomic E-state index is 0.117. The second-order valence-electron chi connectivity index (χ2n) is 5.58. The molecule has 0 heterocycles. The van der Waals surface area contributed by atoms with Crippen LogP contribution in [-0.2, 0) is 13.0 Å². The third-order valence-electron chi connectivity index (χ3n) is 3.76. The van der Waals surface area contributed by atoms with Crippen molar-refractivity contribution in [3.8, 4) is 0 Å². The average molecular weight is 323 g/mol. The number of alkyl halides is 3. The summed E-state index contributed by atoms with van der Waals surface area (Å²) in [6, 6.07) is 13.5. The molecule has 0 aromatic heterocycles. The molecule has 0 spiro atoms. The second kappa shape index (κ2) is 7.62. The van der Waals surface area contributed by atoms with Crippen LogP contribution in [0.15, 0.2) is 54.6 Å².